The number of hydrogen-bond acceptors (Lipinski definition) is 6. The number of ether oxygens (including phenoxy) is 2. The third-order valence-electron chi connectivity index (χ3n) is 5.75. The summed E-state index contributed by atoms with van der Waals surface area (Å²) in [6, 6.07) is 6.69. The Balaban J connectivity index is 1.69. The lowest BCUT2D eigenvalue weighted by Crippen LogP contribution is -2.22. The standard InChI is InChI=1S/C24H28N2O6/c1-31-23(29)19-9-5-3-7-17(19)21(27)25-15-11-13-16(14-12-15)26-22(28)18-8-4-6-10-20(18)24(30)32-2/h11-14H,3-10H2,1-2H3,(H,25,27)(H,26,28). The molecule has 170 valence electrons. The van der Waals surface area contributed by atoms with Crippen LogP contribution in [0.5, 0.6) is 0 Å². The number of hydrogen-bond donors (Lipinski definition) is 2. The van der Waals surface area contributed by atoms with Crippen LogP contribution in [0.25, 0.3) is 0 Å². The van der Waals surface area contributed by atoms with Gasteiger partial charge in [-0.1, -0.05) is 0 Å². The molecule has 0 bridgehead atoms. The van der Waals surface area contributed by atoms with Gasteiger partial charge in [-0.05, 0) is 75.6 Å². The first-order valence-corrected chi connectivity index (χ1v) is 10.8. The average molecular weight is 440 g/mol. The number of esters is 2. The number of rotatable bonds is 6. The van der Waals surface area contributed by atoms with E-state index in [2.05, 4.69) is 10.6 Å². The molecule has 32 heavy (non-hydrogen) atoms. The molecule has 8 nitrogen and oxygen atoms in total. The Bertz CT molecular complexity index is 896. The maximum absolute atomic E-state index is 12.7. The smallest absolute Gasteiger partial charge is 0.334 e. The monoisotopic (exact) mass is 440 g/mol. The van der Waals surface area contributed by atoms with Gasteiger partial charge in [0.2, 0.25) is 0 Å². The van der Waals surface area contributed by atoms with Crippen LogP contribution in [-0.2, 0) is 28.7 Å². The summed E-state index contributed by atoms with van der Waals surface area (Å²) < 4.78 is 9.61. The molecule has 1 aromatic carbocycles. The van der Waals surface area contributed by atoms with Crippen LogP contribution in [0, 0.1) is 0 Å². The van der Waals surface area contributed by atoms with Crippen molar-refractivity contribution in [2.75, 3.05) is 24.9 Å². The molecule has 0 spiro atoms. The van der Waals surface area contributed by atoms with Crippen molar-refractivity contribution in [1.82, 2.24) is 0 Å². The zero-order valence-corrected chi connectivity index (χ0v) is 18.4. The largest absolute Gasteiger partial charge is 0.466 e. The number of methoxy groups -OCH3 is 2. The van der Waals surface area contributed by atoms with Crippen molar-refractivity contribution in [1.29, 1.82) is 0 Å². The molecule has 8 heteroatoms. The number of nitrogens with one attached hydrogen (secondary N) is 2. The van der Waals surface area contributed by atoms with E-state index < -0.39 is 11.9 Å². The molecular formula is C24H28N2O6. The molecule has 0 unspecified atom stereocenters. The van der Waals surface area contributed by atoms with Crippen LogP contribution in [0.15, 0.2) is 46.6 Å². The fourth-order valence-electron chi connectivity index (χ4n) is 4.06. The maximum Gasteiger partial charge on any atom is 0.334 e. The zero-order chi connectivity index (χ0) is 23.1. The Labute approximate surface area is 187 Å². The van der Waals surface area contributed by atoms with Gasteiger partial charge in [0.05, 0.1) is 14.2 Å². The third kappa shape index (κ3) is 5.43. The minimum atomic E-state index is -0.462. The molecule has 2 aliphatic carbocycles. The van der Waals surface area contributed by atoms with Crippen LogP contribution in [0.4, 0.5) is 11.4 Å². The van der Waals surface area contributed by atoms with E-state index in [0.717, 1.165) is 25.7 Å². The highest BCUT2D eigenvalue weighted by Gasteiger charge is 2.25. The van der Waals surface area contributed by atoms with Crippen molar-refractivity contribution in [3.05, 3.63) is 46.6 Å². The molecule has 2 amide bonds. The van der Waals surface area contributed by atoms with Crippen molar-refractivity contribution >= 4 is 35.1 Å². The zero-order valence-electron chi connectivity index (χ0n) is 18.4. The highest BCUT2D eigenvalue weighted by molar-refractivity contribution is 6.10. The van der Waals surface area contributed by atoms with Gasteiger partial charge in [-0.25, -0.2) is 9.59 Å². The highest BCUT2D eigenvalue weighted by Crippen LogP contribution is 2.28. The van der Waals surface area contributed by atoms with Crippen molar-refractivity contribution in [3.8, 4) is 0 Å². The summed E-state index contributed by atoms with van der Waals surface area (Å²) in [6.45, 7) is 0. The molecule has 0 saturated carbocycles. The summed E-state index contributed by atoms with van der Waals surface area (Å²) in [7, 11) is 2.62. The van der Waals surface area contributed by atoms with E-state index >= 15 is 0 Å². The minimum absolute atomic E-state index is 0.322. The summed E-state index contributed by atoms with van der Waals surface area (Å²) in [5.41, 5.74) is 2.87. The number of amides is 2. The van der Waals surface area contributed by atoms with Gasteiger partial charge in [-0.2, -0.15) is 0 Å². The normalized spacial score (nSPS) is 16.3. The van der Waals surface area contributed by atoms with E-state index in [-0.39, 0.29) is 11.8 Å². The summed E-state index contributed by atoms with van der Waals surface area (Å²) in [6.07, 6.45) is 5.51. The molecule has 2 N–H and O–H groups in total. The van der Waals surface area contributed by atoms with Gasteiger partial charge in [-0.3, -0.25) is 9.59 Å². The summed E-state index contributed by atoms with van der Waals surface area (Å²) in [4.78, 5) is 49.3. The number of anilines is 2. The number of carbonyl (C=O) groups is 4. The Kier molecular flexibility index (Phi) is 7.81. The SMILES string of the molecule is COC(=O)C1=C(C(=O)Nc2ccc(NC(=O)C3=C(C(=O)OC)CCCC3)cc2)CCCC1. The van der Waals surface area contributed by atoms with Crippen molar-refractivity contribution in [2.24, 2.45) is 0 Å². The molecule has 0 radical (unpaired) electrons. The fourth-order valence-corrected chi connectivity index (χ4v) is 4.06. The van der Waals surface area contributed by atoms with E-state index in [9.17, 15) is 19.2 Å². The second kappa shape index (κ2) is 10.7. The Morgan fingerprint density at radius 2 is 0.906 bits per heavy atom. The molecule has 1 aromatic rings. The van der Waals surface area contributed by atoms with Gasteiger partial charge >= 0.3 is 11.9 Å². The number of benzene rings is 1. The molecule has 0 aliphatic heterocycles. The molecule has 0 saturated heterocycles. The predicted octanol–water partition coefficient (Wildman–Crippen LogP) is 3.65. The lowest BCUT2D eigenvalue weighted by atomic mass is 9.91. The van der Waals surface area contributed by atoms with Gasteiger partial charge in [-0.15, -0.1) is 0 Å². The molecular weight excluding hydrogens is 412 g/mol. The van der Waals surface area contributed by atoms with Gasteiger partial charge in [0.1, 0.15) is 0 Å². The summed E-state index contributed by atoms with van der Waals surface area (Å²) >= 11 is 0. The molecule has 0 atom stereocenters. The third-order valence-corrected chi connectivity index (χ3v) is 5.75. The van der Waals surface area contributed by atoms with Gasteiger partial charge in [0.15, 0.2) is 0 Å². The van der Waals surface area contributed by atoms with Crippen LogP contribution in [0.3, 0.4) is 0 Å². The average Bonchev–Trinajstić information content (AvgIpc) is 2.84. The van der Waals surface area contributed by atoms with Crippen LogP contribution in [0.1, 0.15) is 51.4 Å². The fraction of sp³-hybridized carbons (Fsp3) is 0.417. The second-order valence-electron chi connectivity index (χ2n) is 7.80. The Morgan fingerprint density at radius 3 is 1.22 bits per heavy atom. The van der Waals surface area contributed by atoms with Crippen molar-refractivity contribution < 1.29 is 28.7 Å². The van der Waals surface area contributed by atoms with Crippen LogP contribution in [0.2, 0.25) is 0 Å². The van der Waals surface area contributed by atoms with Crippen molar-refractivity contribution in [3.63, 3.8) is 0 Å². The lowest BCUT2D eigenvalue weighted by Gasteiger charge is -2.19. The van der Waals surface area contributed by atoms with E-state index in [1.807, 2.05) is 0 Å². The van der Waals surface area contributed by atoms with Gasteiger partial charge < -0.3 is 20.1 Å². The van der Waals surface area contributed by atoms with Crippen LogP contribution >= 0.6 is 0 Å². The molecule has 0 heterocycles. The van der Waals surface area contributed by atoms with E-state index in [0.29, 0.717) is 59.4 Å². The Morgan fingerprint density at radius 1 is 0.594 bits per heavy atom. The molecule has 2 aliphatic rings. The van der Waals surface area contributed by atoms with E-state index in [1.165, 1.54) is 14.2 Å². The van der Waals surface area contributed by atoms with E-state index in [1.54, 1.807) is 24.3 Å². The topological polar surface area (TPSA) is 111 Å². The minimum Gasteiger partial charge on any atom is -0.466 e. The number of carbonyl (C=O) groups excluding carboxylic acids is 4. The molecule has 3 rings (SSSR count). The van der Waals surface area contributed by atoms with Gasteiger partial charge in [0, 0.05) is 33.7 Å². The predicted molar refractivity (Wildman–Crippen MR) is 119 cm³/mol. The van der Waals surface area contributed by atoms with E-state index in [4.69, 9.17) is 9.47 Å². The summed E-state index contributed by atoms with van der Waals surface area (Å²) in [5.74, 6) is -1.57. The lowest BCUT2D eigenvalue weighted by molar-refractivity contribution is -0.137. The molecule has 0 fully saturated rings. The first kappa shape index (κ1) is 23.2. The highest BCUT2D eigenvalue weighted by atomic mass is 16.5. The molecule has 0 aromatic heterocycles. The first-order valence-electron chi connectivity index (χ1n) is 10.8. The van der Waals surface area contributed by atoms with Crippen LogP contribution in [-0.4, -0.2) is 38.0 Å². The van der Waals surface area contributed by atoms with Crippen molar-refractivity contribution in [2.45, 2.75) is 51.4 Å². The second-order valence-corrected chi connectivity index (χ2v) is 7.80. The Hall–Kier alpha value is -3.42. The van der Waals surface area contributed by atoms with Crippen LogP contribution < -0.4 is 10.6 Å². The van der Waals surface area contributed by atoms with Gasteiger partial charge in [0.25, 0.3) is 11.8 Å². The quantitative estimate of drug-likeness (QED) is 0.653. The first-order chi connectivity index (χ1) is 15.4. The summed E-state index contributed by atoms with van der Waals surface area (Å²) in [5, 5.41) is 5.61. The maximum atomic E-state index is 12.7.